The molecule has 0 spiro atoms. The molecule has 2 fully saturated rings. The van der Waals surface area contributed by atoms with Gasteiger partial charge in [0.25, 0.3) is 0 Å². The predicted octanol–water partition coefficient (Wildman–Crippen LogP) is 1.08. The van der Waals surface area contributed by atoms with Gasteiger partial charge in [-0.15, -0.1) is 0 Å². The zero-order valence-electron chi connectivity index (χ0n) is 12.4. The molecule has 2 rings (SSSR count). The van der Waals surface area contributed by atoms with Crippen molar-refractivity contribution in [1.82, 2.24) is 4.90 Å². The topological polar surface area (TPSA) is 58.7 Å². The number of hydrogen-bond acceptors (Lipinski definition) is 4. The van der Waals surface area contributed by atoms with Gasteiger partial charge in [-0.2, -0.15) is 0 Å². The fourth-order valence-corrected chi connectivity index (χ4v) is 3.53. The molecule has 0 aromatic heterocycles. The van der Waals surface area contributed by atoms with Gasteiger partial charge in [-0.3, -0.25) is 4.90 Å². The summed E-state index contributed by atoms with van der Waals surface area (Å²) in [7, 11) is 0. The van der Waals surface area contributed by atoms with Gasteiger partial charge < -0.3 is 15.6 Å². The maximum absolute atomic E-state index is 9.21. The summed E-state index contributed by atoms with van der Waals surface area (Å²) in [6, 6.07) is 0.352. The first-order chi connectivity index (χ1) is 9.10. The van der Waals surface area contributed by atoms with Crippen LogP contribution in [0.5, 0.6) is 0 Å². The first kappa shape index (κ1) is 15.2. The summed E-state index contributed by atoms with van der Waals surface area (Å²) in [5.74, 6) is 2.21. The van der Waals surface area contributed by atoms with Gasteiger partial charge in [0.2, 0.25) is 0 Å². The highest BCUT2D eigenvalue weighted by Crippen LogP contribution is 2.33. The van der Waals surface area contributed by atoms with Crippen LogP contribution >= 0.6 is 0 Å². The van der Waals surface area contributed by atoms with Crippen LogP contribution in [-0.2, 0) is 4.74 Å². The van der Waals surface area contributed by atoms with E-state index in [4.69, 9.17) is 10.5 Å². The van der Waals surface area contributed by atoms with Crippen molar-refractivity contribution in [2.75, 3.05) is 32.8 Å². The maximum Gasteiger partial charge on any atom is 0.0932 e. The van der Waals surface area contributed by atoms with Gasteiger partial charge in [-0.25, -0.2) is 0 Å². The van der Waals surface area contributed by atoms with Crippen molar-refractivity contribution < 1.29 is 9.84 Å². The molecule has 4 nitrogen and oxygen atoms in total. The Bertz CT molecular complexity index is 273. The summed E-state index contributed by atoms with van der Waals surface area (Å²) in [4.78, 5) is 2.43. The molecule has 3 N–H and O–H groups in total. The zero-order chi connectivity index (χ0) is 13.8. The second-order valence-corrected chi connectivity index (χ2v) is 6.68. The minimum absolute atomic E-state index is 0.00513. The highest BCUT2D eigenvalue weighted by molar-refractivity contribution is 4.86. The van der Waals surface area contributed by atoms with E-state index in [1.807, 2.05) is 0 Å². The Labute approximate surface area is 117 Å². The second kappa shape index (κ2) is 7.02. The maximum atomic E-state index is 9.21. The van der Waals surface area contributed by atoms with E-state index in [0.29, 0.717) is 12.0 Å². The third-order valence-corrected chi connectivity index (χ3v) is 4.94. The van der Waals surface area contributed by atoms with E-state index in [-0.39, 0.29) is 12.7 Å². The van der Waals surface area contributed by atoms with Crippen LogP contribution in [-0.4, -0.2) is 55.0 Å². The largest absolute Gasteiger partial charge is 0.394 e. The van der Waals surface area contributed by atoms with E-state index in [1.165, 1.54) is 19.3 Å². The first-order valence-electron chi connectivity index (χ1n) is 7.80. The van der Waals surface area contributed by atoms with Crippen LogP contribution in [0.1, 0.15) is 33.1 Å². The zero-order valence-corrected chi connectivity index (χ0v) is 12.4. The van der Waals surface area contributed by atoms with Gasteiger partial charge in [0.1, 0.15) is 0 Å². The number of aliphatic hydroxyl groups is 1. The van der Waals surface area contributed by atoms with Gasteiger partial charge in [-0.05, 0) is 37.0 Å². The molecule has 4 heteroatoms. The van der Waals surface area contributed by atoms with E-state index in [1.54, 1.807) is 0 Å². The molecule has 4 atom stereocenters. The summed E-state index contributed by atoms with van der Waals surface area (Å²) >= 11 is 0. The summed E-state index contributed by atoms with van der Waals surface area (Å²) < 4.78 is 5.51. The molecule has 1 aliphatic heterocycles. The molecule has 0 radical (unpaired) electrons. The first-order valence-corrected chi connectivity index (χ1v) is 7.80. The molecule has 1 saturated carbocycles. The van der Waals surface area contributed by atoms with Crippen molar-refractivity contribution >= 4 is 0 Å². The Morgan fingerprint density at radius 1 is 1.37 bits per heavy atom. The van der Waals surface area contributed by atoms with E-state index < -0.39 is 0 Å². The highest BCUT2D eigenvalue weighted by atomic mass is 16.5. The molecule has 1 aliphatic carbocycles. The van der Waals surface area contributed by atoms with Crippen molar-refractivity contribution in [2.24, 2.45) is 23.5 Å². The Morgan fingerprint density at radius 3 is 2.84 bits per heavy atom. The molecular formula is C15H30N2O2. The number of ether oxygens (including phenoxy) is 1. The SMILES string of the molecule is CC(C)C1CCC(N)C(CN2CCOC(CO)C2)C1. The molecule has 0 aromatic rings. The molecule has 4 unspecified atom stereocenters. The monoisotopic (exact) mass is 270 g/mol. The van der Waals surface area contributed by atoms with Gasteiger partial charge in [-0.1, -0.05) is 13.8 Å². The second-order valence-electron chi connectivity index (χ2n) is 6.68. The van der Waals surface area contributed by atoms with Crippen LogP contribution in [0.15, 0.2) is 0 Å². The van der Waals surface area contributed by atoms with Crippen LogP contribution in [0, 0.1) is 17.8 Å². The number of rotatable bonds is 4. The van der Waals surface area contributed by atoms with Crippen LogP contribution in [0.25, 0.3) is 0 Å². The minimum atomic E-state index is -0.00513. The lowest BCUT2D eigenvalue weighted by Crippen LogP contribution is -2.49. The Kier molecular flexibility index (Phi) is 5.63. The van der Waals surface area contributed by atoms with Crippen LogP contribution < -0.4 is 5.73 Å². The van der Waals surface area contributed by atoms with E-state index >= 15 is 0 Å². The van der Waals surface area contributed by atoms with Crippen LogP contribution in [0.2, 0.25) is 0 Å². The third-order valence-electron chi connectivity index (χ3n) is 4.94. The van der Waals surface area contributed by atoms with Crippen molar-refractivity contribution in [3.8, 4) is 0 Å². The third kappa shape index (κ3) is 4.15. The Balaban J connectivity index is 1.85. The smallest absolute Gasteiger partial charge is 0.0932 e. The lowest BCUT2D eigenvalue weighted by atomic mass is 9.73. The summed E-state index contributed by atoms with van der Waals surface area (Å²) in [6.07, 6.45) is 3.72. The lowest BCUT2D eigenvalue weighted by Gasteiger charge is -2.40. The normalized spacial score (nSPS) is 37.7. The molecule has 0 aromatic carbocycles. The molecule has 0 bridgehead atoms. The standard InChI is InChI=1S/C15H30N2O2/c1-11(2)12-3-4-15(16)13(7-12)8-17-5-6-19-14(9-17)10-18/h11-15,18H,3-10,16H2,1-2H3. The quantitative estimate of drug-likeness (QED) is 0.802. The molecule has 2 aliphatic rings. The van der Waals surface area contributed by atoms with E-state index in [9.17, 15) is 5.11 Å². The van der Waals surface area contributed by atoms with Crippen LogP contribution in [0.3, 0.4) is 0 Å². The van der Waals surface area contributed by atoms with Crippen molar-refractivity contribution in [3.63, 3.8) is 0 Å². The molecule has 112 valence electrons. The number of aliphatic hydroxyl groups excluding tert-OH is 1. The fraction of sp³-hybridized carbons (Fsp3) is 1.00. The Hall–Kier alpha value is -0.160. The van der Waals surface area contributed by atoms with Crippen molar-refractivity contribution in [2.45, 2.75) is 45.3 Å². The molecule has 1 heterocycles. The predicted molar refractivity (Wildman–Crippen MR) is 76.9 cm³/mol. The van der Waals surface area contributed by atoms with Crippen molar-refractivity contribution in [1.29, 1.82) is 0 Å². The minimum Gasteiger partial charge on any atom is -0.394 e. The summed E-state index contributed by atoms with van der Waals surface area (Å²) in [5.41, 5.74) is 6.32. The average molecular weight is 270 g/mol. The highest BCUT2D eigenvalue weighted by Gasteiger charge is 2.32. The number of hydrogen-bond donors (Lipinski definition) is 2. The number of morpholine rings is 1. The molecule has 1 saturated heterocycles. The van der Waals surface area contributed by atoms with Gasteiger partial charge in [0, 0.05) is 25.7 Å². The number of nitrogens with two attached hydrogens (primary N) is 1. The lowest BCUT2D eigenvalue weighted by molar-refractivity contribution is -0.0590. The Morgan fingerprint density at radius 2 is 2.16 bits per heavy atom. The van der Waals surface area contributed by atoms with Crippen LogP contribution in [0.4, 0.5) is 0 Å². The number of nitrogens with zero attached hydrogens (tertiary/aromatic N) is 1. The fourth-order valence-electron chi connectivity index (χ4n) is 3.53. The van der Waals surface area contributed by atoms with E-state index in [0.717, 1.165) is 38.1 Å². The summed E-state index contributed by atoms with van der Waals surface area (Å²) in [5, 5.41) is 9.21. The van der Waals surface area contributed by atoms with Gasteiger partial charge >= 0.3 is 0 Å². The molecule has 19 heavy (non-hydrogen) atoms. The molecule has 0 amide bonds. The van der Waals surface area contributed by atoms with E-state index in [2.05, 4.69) is 18.7 Å². The van der Waals surface area contributed by atoms with Gasteiger partial charge in [0.15, 0.2) is 0 Å². The van der Waals surface area contributed by atoms with Crippen molar-refractivity contribution in [3.05, 3.63) is 0 Å². The van der Waals surface area contributed by atoms with Gasteiger partial charge in [0.05, 0.1) is 19.3 Å². The summed E-state index contributed by atoms with van der Waals surface area (Å²) in [6.45, 7) is 8.43. The average Bonchev–Trinajstić information content (AvgIpc) is 2.41. The molecular weight excluding hydrogens is 240 g/mol.